The lowest BCUT2D eigenvalue weighted by Gasteiger charge is -2.30. The van der Waals surface area contributed by atoms with Gasteiger partial charge in [-0.3, -0.25) is 14.4 Å². The van der Waals surface area contributed by atoms with Crippen LogP contribution in [0.4, 0.5) is 9.59 Å². The summed E-state index contributed by atoms with van der Waals surface area (Å²) in [7, 11) is 0. The molecule has 4 rings (SSSR count). The van der Waals surface area contributed by atoms with Gasteiger partial charge in [0.15, 0.2) is 0 Å². The van der Waals surface area contributed by atoms with Crippen LogP contribution < -0.4 is 16.4 Å². The number of nitrogens with zero attached hydrogens (tertiary/aromatic N) is 2. The first-order valence-corrected chi connectivity index (χ1v) is 15.9. The summed E-state index contributed by atoms with van der Waals surface area (Å²) in [4.78, 5) is 66.2. The fraction of sp³-hybridized carbons (Fsp3) is 0.606. The first kappa shape index (κ1) is 33.8. The van der Waals surface area contributed by atoms with Gasteiger partial charge in [-0.25, -0.2) is 9.59 Å². The van der Waals surface area contributed by atoms with Crippen molar-refractivity contribution in [2.75, 3.05) is 13.1 Å². The molecule has 5 N–H and O–H groups in total. The lowest BCUT2D eigenvalue weighted by molar-refractivity contribution is -0.139. The van der Waals surface area contributed by atoms with Gasteiger partial charge < -0.3 is 36.0 Å². The topological polar surface area (TPSA) is 171 Å². The maximum absolute atomic E-state index is 13.8. The molecule has 0 radical (unpaired) electrons. The van der Waals surface area contributed by atoms with Crippen LogP contribution in [-0.2, 0) is 32.1 Å². The number of primary amides is 1. The van der Waals surface area contributed by atoms with Crippen molar-refractivity contribution in [2.24, 2.45) is 17.6 Å². The number of rotatable bonds is 12. The van der Waals surface area contributed by atoms with Crippen LogP contribution in [0, 0.1) is 11.8 Å². The van der Waals surface area contributed by atoms with Gasteiger partial charge in [0.25, 0.3) is 0 Å². The molecule has 1 aromatic rings. The number of alkyl carbamates (subject to hydrolysis) is 1. The zero-order valence-corrected chi connectivity index (χ0v) is 26.5. The lowest BCUT2D eigenvalue weighted by Crippen LogP contribution is -2.53. The fourth-order valence-electron chi connectivity index (χ4n) is 6.07. The molecule has 1 saturated heterocycles. The molecule has 246 valence electrons. The highest BCUT2D eigenvalue weighted by molar-refractivity contribution is 5.91. The van der Waals surface area contributed by atoms with Crippen molar-refractivity contribution in [3.8, 4) is 0 Å². The maximum Gasteiger partial charge on any atom is 0.408 e. The van der Waals surface area contributed by atoms with Gasteiger partial charge in [0.2, 0.25) is 11.8 Å². The number of nitrogens with two attached hydrogens (primary N) is 1. The number of fused-ring (bicyclic) bond motifs is 1. The molecule has 12 nitrogen and oxygen atoms in total. The summed E-state index contributed by atoms with van der Waals surface area (Å²) >= 11 is 0. The first-order valence-electron chi connectivity index (χ1n) is 15.9. The number of nitrogens with one attached hydrogen (secondary N) is 2. The first-order chi connectivity index (χ1) is 21.3. The van der Waals surface area contributed by atoms with Gasteiger partial charge in [0.05, 0.1) is 12.0 Å². The molecule has 0 unspecified atom stereocenters. The van der Waals surface area contributed by atoms with Crippen LogP contribution in [0.15, 0.2) is 36.4 Å². The van der Waals surface area contributed by atoms with Crippen LogP contribution >= 0.6 is 0 Å². The van der Waals surface area contributed by atoms with Crippen LogP contribution in [0.5, 0.6) is 0 Å². The van der Waals surface area contributed by atoms with Gasteiger partial charge in [-0.1, -0.05) is 49.3 Å². The summed E-state index contributed by atoms with van der Waals surface area (Å²) in [6.45, 7) is 6.34. The number of benzene rings is 1. The third-order valence-electron chi connectivity index (χ3n) is 8.55. The number of carboxylic acid groups (broad SMARTS) is 1. The zero-order chi connectivity index (χ0) is 32.7. The molecular formula is C33H47N5O7. The van der Waals surface area contributed by atoms with Crippen molar-refractivity contribution >= 4 is 29.9 Å². The molecule has 0 bridgehead atoms. The number of ether oxygens (including phenoxy) is 1. The predicted molar refractivity (Wildman–Crippen MR) is 167 cm³/mol. The molecule has 0 spiro atoms. The quantitative estimate of drug-likeness (QED) is 0.204. The number of amides is 5. The Bertz CT molecular complexity index is 1290. The number of likely N-dealkylation sites (tertiary alicyclic amines) is 1. The molecule has 5 atom stereocenters. The minimum atomic E-state index is -0.937. The average Bonchev–Trinajstić information content (AvgIpc) is 3.64. The van der Waals surface area contributed by atoms with Crippen molar-refractivity contribution in [1.82, 2.24) is 20.4 Å². The molecule has 1 aromatic carbocycles. The highest BCUT2D eigenvalue weighted by Crippen LogP contribution is 2.39. The standard InChI is InChI=1S/C33H47N5O7/c1-33(2,3)45-32(44)36-26(14-8-6-4-5-7-12-22-17-25(22)30(41)42)29(40)38-20-24(18-27(38)28(34)39)35-31(43)37-16-15-21-11-9-10-13-23(21)19-37/h7,9-13,22,24-27H,4-6,8,14-20H2,1-3H3,(H2,34,39)(H,35,43)(H,36,44)(H,41,42)/b12-7-/t22-,24-,25+,26+,27+/m1/s1. The Balaban J connectivity index is 1.33. The van der Waals surface area contributed by atoms with Gasteiger partial charge >= 0.3 is 18.1 Å². The van der Waals surface area contributed by atoms with E-state index in [-0.39, 0.29) is 30.8 Å². The number of hydrogen-bond donors (Lipinski definition) is 4. The van der Waals surface area contributed by atoms with Crippen LogP contribution in [0.2, 0.25) is 0 Å². The molecule has 1 saturated carbocycles. The summed E-state index contributed by atoms with van der Waals surface area (Å²) in [5.41, 5.74) is 7.27. The van der Waals surface area contributed by atoms with E-state index in [0.29, 0.717) is 32.4 Å². The van der Waals surface area contributed by atoms with Crippen LogP contribution in [0.1, 0.15) is 76.8 Å². The molecule has 45 heavy (non-hydrogen) atoms. The van der Waals surface area contributed by atoms with Crippen molar-refractivity contribution in [3.05, 3.63) is 47.5 Å². The maximum atomic E-state index is 13.8. The summed E-state index contributed by atoms with van der Waals surface area (Å²) in [6, 6.07) is 5.41. The van der Waals surface area contributed by atoms with Crippen molar-refractivity contribution in [3.63, 3.8) is 0 Å². The molecular weight excluding hydrogens is 578 g/mol. The normalized spacial score (nSPS) is 23.3. The van der Waals surface area contributed by atoms with Gasteiger partial charge in [0, 0.05) is 19.6 Å². The van der Waals surface area contributed by atoms with E-state index in [4.69, 9.17) is 15.6 Å². The van der Waals surface area contributed by atoms with Crippen molar-refractivity contribution in [2.45, 2.75) is 102 Å². The zero-order valence-electron chi connectivity index (χ0n) is 26.5. The Morgan fingerprint density at radius 1 is 1.09 bits per heavy atom. The van der Waals surface area contributed by atoms with Crippen LogP contribution in [-0.4, -0.2) is 81.6 Å². The summed E-state index contributed by atoms with van der Waals surface area (Å²) < 4.78 is 5.41. The second-order valence-electron chi connectivity index (χ2n) is 13.3. The van der Waals surface area contributed by atoms with Crippen molar-refractivity contribution < 1.29 is 33.8 Å². The van der Waals surface area contributed by atoms with E-state index in [1.807, 2.05) is 30.4 Å². The Labute approximate surface area is 264 Å². The summed E-state index contributed by atoms with van der Waals surface area (Å²) in [6.07, 6.45) is 8.25. The van der Waals surface area contributed by atoms with E-state index in [9.17, 15) is 24.0 Å². The lowest BCUT2D eigenvalue weighted by atomic mass is 10.0. The molecule has 2 heterocycles. The Hall–Kier alpha value is -4.09. The van der Waals surface area contributed by atoms with Gasteiger partial charge in [-0.05, 0) is 76.3 Å². The van der Waals surface area contributed by atoms with Gasteiger partial charge in [-0.2, -0.15) is 0 Å². The smallest absolute Gasteiger partial charge is 0.408 e. The largest absolute Gasteiger partial charge is 0.481 e. The number of carbonyl (C=O) groups excluding carboxylic acids is 4. The van der Waals surface area contributed by atoms with E-state index in [1.54, 1.807) is 25.7 Å². The fourth-order valence-corrected chi connectivity index (χ4v) is 6.07. The van der Waals surface area contributed by atoms with E-state index in [0.717, 1.165) is 31.2 Å². The monoisotopic (exact) mass is 625 g/mol. The Morgan fingerprint density at radius 2 is 1.82 bits per heavy atom. The minimum absolute atomic E-state index is 0.0956. The number of carbonyl (C=O) groups is 5. The van der Waals surface area contributed by atoms with Gasteiger partial charge in [-0.15, -0.1) is 0 Å². The number of carboxylic acids is 1. The Morgan fingerprint density at radius 3 is 2.49 bits per heavy atom. The number of aliphatic carboxylic acids is 1. The SMILES string of the molecule is CC(C)(C)OC(=O)N[C@@H](CCCCC/C=C\[C@@H]1C[C@@H]1C(=O)O)C(=O)N1C[C@H](NC(=O)N2CCc3ccccc3C2)C[C@H]1C(N)=O. The van der Waals surface area contributed by atoms with Crippen LogP contribution in [0.25, 0.3) is 0 Å². The average molecular weight is 626 g/mol. The second-order valence-corrected chi connectivity index (χ2v) is 13.3. The number of hydrogen-bond acceptors (Lipinski definition) is 6. The summed E-state index contributed by atoms with van der Waals surface area (Å²) in [5, 5.41) is 14.7. The van der Waals surface area contributed by atoms with E-state index < -0.39 is 47.6 Å². The number of unbranched alkanes of at least 4 members (excludes halogenated alkanes) is 3. The molecule has 2 fully saturated rings. The molecule has 0 aromatic heterocycles. The Kier molecular flexibility index (Phi) is 11.1. The predicted octanol–water partition coefficient (Wildman–Crippen LogP) is 3.33. The highest BCUT2D eigenvalue weighted by Gasteiger charge is 2.43. The minimum Gasteiger partial charge on any atom is -0.481 e. The number of allylic oxidation sites excluding steroid dienone is 2. The molecule has 5 amide bonds. The van der Waals surface area contributed by atoms with E-state index >= 15 is 0 Å². The van der Waals surface area contributed by atoms with Crippen molar-refractivity contribution in [1.29, 1.82) is 0 Å². The molecule has 12 heteroatoms. The molecule has 3 aliphatic rings. The number of urea groups is 1. The third kappa shape index (κ3) is 9.70. The van der Waals surface area contributed by atoms with Crippen LogP contribution in [0.3, 0.4) is 0 Å². The second kappa shape index (κ2) is 14.8. The van der Waals surface area contributed by atoms with E-state index in [2.05, 4.69) is 16.7 Å². The highest BCUT2D eigenvalue weighted by atomic mass is 16.6. The summed E-state index contributed by atoms with van der Waals surface area (Å²) in [5.74, 6) is -2.02. The van der Waals surface area contributed by atoms with Gasteiger partial charge in [0.1, 0.15) is 17.7 Å². The molecule has 1 aliphatic carbocycles. The third-order valence-corrected chi connectivity index (χ3v) is 8.55. The molecule has 2 aliphatic heterocycles. The van der Waals surface area contributed by atoms with E-state index in [1.165, 1.54) is 10.5 Å².